The van der Waals surface area contributed by atoms with E-state index in [-0.39, 0.29) is 0 Å². The number of hydrogen-bond donors (Lipinski definition) is 3. The minimum absolute atomic E-state index is 0.573. The van der Waals surface area contributed by atoms with Crippen molar-refractivity contribution in [1.29, 1.82) is 0 Å². The van der Waals surface area contributed by atoms with Crippen LogP contribution in [0.3, 0.4) is 0 Å². The first-order valence-electron chi connectivity index (χ1n) is 12.6. The number of ether oxygens (including phenoxy) is 1. The van der Waals surface area contributed by atoms with E-state index in [1.165, 1.54) is 12.8 Å². The Balaban J connectivity index is 1.18. The Kier molecular flexibility index (Phi) is 9.00. The molecule has 1 aromatic heterocycles. The second-order valence-corrected chi connectivity index (χ2v) is 10.2. The Morgan fingerprint density at radius 3 is 2.50 bits per heavy atom. The summed E-state index contributed by atoms with van der Waals surface area (Å²) in [5, 5.41) is 18.0. The highest BCUT2D eigenvalue weighted by molar-refractivity contribution is 6.30. The summed E-state index contributed by atoms with van der Waals surface area (Å²) in [5.41, 5.74) is 3.10. The molecule has 2 aromatic rings. The van der Waals surface area contributed by atoms with Crippen molar-refractivity contribution >= 4 is 17.5 Å². The number of aliphatic hydroxyl groups is 1. The lowest BCUT2D eigenvalue weighted by molar-refractivity contribution is 0.132. The molecule has 0 saturated carbocycles. The average molecular weight is 488 g/mol. The third kappa shape index (κ3) is 6.81. The SMILES string of the molecule is Cc1cc(OCCCC2CCN(c3ncc(Cl)cn3)CC2)cc(C)c1C(O)NC[C@H]1CCNC1. The summed E-state index contributed by atoms with van der Waals surface area (Å²) < 4.78 is 6.08. The third-order valence-corrected chi connectivity index (χ3v) is 7.33. The number of aryl methyl sites for hydroxylation is 2. The Morgan fingerprint density at radius 2 is 1.85 bits per heavy atom. The smallest absolute Gasteiger partial charge is 0.225 e. The Labute approximate surface area is 208 Å². The minimum Gasteiger partial charge on any atom is -0.494 e. The van der Waals surface area contributed by atoms with Crippen LogP contribution in [-0.2, 0) is 0 Å². The van der Waals surface area contributed by atoms with E-state index in [0.29, 0.717) is 23.5 Å². The van der Waals surface area contributed by atoms with E-state index in [4.69, 9.17) is 16.3 Å². The lowest BCUT2D eigenvalue weighted by Crippen LogP contribution is -2.34. The summed E-state index contributed by atoms with van der Waals surface area (Å²) in [6.07, 6.45) is 8.37. The molecule has 7 nitrogen and oxygen atoms in total. The van der Waals surface area contributed by atoms with Gasteiger partial charge in [0, 0.05) is 25.2 Å². The van der Waals surface area contributed by atoms with Gasteiger partial charge in [0.15, 0.2) is 0 Å². The van der Waals surface area contributed by atoms with E-state index in [1.807, 2.05) is 0 Å². The molecule has 2 aliphatic rings. The van der Waals surface area contributed by atoms with E-state index >= 15 is 0 Å². The van der Waals surface area contributed by atoms with Crippen LogP contribution >= 0.6 is 11.6 Å². The van der Waals surface area contributed by atoms with Crippen molar-refractivity contribution in [2.45, 2.75) is 52.2 Å². The molecule has 2 atom stereocenters. The van der Waals surface area contributed by atoms with Crippen LogP contribution in [0.1, 0.15) is 55.0 Å². The van der Waals surface area contributed by atoms with Gasteiger partial charge < -0.3 is 20.1 Å². The van der Waals surface area contributed by atoms with Gasteiger partial charge in [0.05, 0.1) is 24.0 Å². The predicted octanol–water partition coefficient (Wildman–Crippen LogP) is 4.01. The lowest BCUT2D eigenvalue weighted by Gasteiger charge is -2.32. The molecule has 2 fully saturated rings. The van der Waals surface area contributed by atoms with Crippen LogP contribution in [-0.4, -0.2) is 54.4 Å². The highest BCUT2D eigenvalue weighted by Gasteiger charge is 2.21. The molecule has 2 saturated heterocycles. The van der Waals surface area contributed by atoms with Gasteiger partial charge >= 0.3 is 0 Å². The van der Waals surface area contributed by atoms with Crippen molar-refractivity contribution < 1.29 is 9.84 Å². The molecule has 8 heteroatoms. The minimum atomic E-state index is -0.640. The van der Waals surface area contributed by atoms with Gasteiger partial charge in [-0.1, -0.05) is 11.6 Å². The van der Waals surface area contributed by atoms with E-state index in [2.05, 4.69) is 51.5 Å². The normalized spacial score (nSPS) is 20.0. The maximum Gasteiger partial charge on any atom is 0.225 e. The zero-order valence-corrected chi connectivity index (χ0v) is 21.2. The Hall–Kier alpha value is -1.93. The highest BCUT2D eigenvalue weighted by Crippen LogP contribution is 2.28. The first-order chi connectivity index (χ1) is 16.5. The van der Waals surface area contributed by atoms with E-state index in [9.17, 15) is 5.11 Å². The molecule has 0 radical (unpaired) electrons. The summed E-state index contributed by atoms with van der Waals surface area (Å²) in [6.45, 7) is 9.72. The quantitative estimate of drug-likeness (QED) is 0.345. The number of rotatable bonds is 10. The molecule has 1 unspecified atom stereocenters. The molecule has 4 rings (SSSR count). The standard InChI is InChI=1S/C26H38ClN5O2/c1-18-12-23(13-19(2)24(18)25(33)29-15-21-5-8-28-14-21)34-11-3-4-20-6-9-32(10-7-20)26-30-16-22(27)17-31-26/h12-13,16-17,20-21,25,28-29,33H,3-11,14-15H2,1-2H3/t21-,25?/m0/s1. The number of aliphatic hydroxyl groups excluding tert-OH is 1. The molecule has 0 spiro atoms. The van der Waals surface area contributed by atoms with Crippen LogP contribution < -0.4 is 20.3 Å². The highest BCUT2D eigenvalue weighted by atomic mass is 35.5. The number of benzene rings is 1. The summed E-state index contributed by atoms with van der Waals surface area (Å²) in [6, 6.07) is 4.10. The number of halogens is 1. The number of nitrogens with one attached hydrogen (secondary N) is 2. The topological polar surface area (TPSA) is 82.5 Å². The predicted molar refractivity (Wildman–Crippen MR) is 137 cm³/mol. The maximum absolute atomic E-state index is 10.7. The van der Waals surface area contributed by atoms with Gasteiger partial charge in [0.1, 0.15) is 12.0 Å². The fourth-order valence-electron chi connectivity index (χ4n) is 5.17. The average Bonchev–Trinajstić information content (AvgIpc) is 3.35. The fraction of sp³-hybridized carbons (Fsp3) is 0.615. The summed E-state index contributed by atoms with van der Waals surface area (Å²) in [4.78, 5) is 10.9. The summed E-state index contributed by atoms with van der Waals surface area (Å²) >= 11 is 5.89. The van der Waals surface area contributed by atoms with Crippen molar-refractivity contribution in [2.75, 3.05) is 44.2 Å². The molecular weight excluding hydrogens is 450 g/mol. The zero-order chi connectivity index (χ0) is 23.9. The van der Waals surface area contributed by atoms with Crippen LogP contribution in [0.25, 0.3) is 0 Å². The number of nitrogens with zero attached hydrogens (tertiary/aromatic N) is 3. The number of hydrogen-bond acceptors (Lipinski definition) is 7. The Morgan fingerprint density at radius 1 is 1.15 bits per heavy atom. The fourth-order valence-corrected chi connectivity index (χ4v) is 5.27. The second kappa shape index (κ2) is 12.2. The van der Waals surface area contributed by atoms with Crippen molar-refractivity contribution in [3.05, 3.63) is 46.2 Å². The second-order valence-electron chi connectivity index (χ2n) is 9.76. The van der Waals surface area contributed by atoms with Crippen LogP contribution in [0, 0.1) is 25.7 Å². The molecule has 2 aliphatic heterocycles. The van der Waals surface area contributed by atoms with E-state index < -0.39 is 6.23 Å². The molecular formula is C26H38ClN5O2. The molecule has 3 N–H and O–H groups in total. The molecule has 0 bridgehead atoms. The first kappa shape index (κ1) is 25.2. The molecule has 186 valence electrons. The van der Waals surface area contributed by atoms with E-state index in [0.717, 1.165) is 80.4 Å². The van der Waals surface area contributed by atoms with Crippen molar-refractivity contribution in [3.8, 4) is 5.75 Å². The first-order valence-corrected chi connectivity index (χ1v) is 13.0. The molecule has 1 aromatic carbocycles. The van der Waals surface area contributed by atoms with Gasteiger partial charge in [0.2, 0.25) is 5.95 Å². The lowest BCUT2D eigenvalue weighted by atomic mass is 9.92. The van der Waals surface area contributed by atoms with Gasteiger partial charge in [-0.25, -0.2) is 9.97 Å². The summed E-state index contributed by atoms with van der Waals surface area (Å²) in [7, 11) is 0. The van der Waals surface area contributed by atoms with Crippen molar-refractivity contribution in [2.24, 2.45) is 11.8 Å². The maximum atomic E-state index is 10.7. The molecule has 34 heavy (non-hydrogen) atoms. The van der Waals surface area contributed by atoms with Gasteiger partial charge in [-0.05, 0) is 94.1 Å². The van der Waals surface area contributed by atoms with Gasteiger partial charge in [0.25, 0.3) is 0 Å². The Bertz CT molecular complexity index is 889. The molecule has 0 amide bonds. The third-order valence-electron chi connectivity index (χ3n) is 7.13. The van der Waals surface area contributed by atoms with Crippen LogP contribution in [0.2, 0.25) is 5.02 Å². The molecule has 3 heterocycles. The summed E-state index contributed by atoms with van der Waals surface area (Å²) in [5.74, 6) is 2.97. The van der Waals surface area contributed by atoms with Crippen molar-refractivity contribution in [3.63, 3.8) is 0 Å². The largest absolute Gasteiger partial charge is 0.494 e. The number of anilines is 1. The number of aromatic nitrogens is 2. The van der Waals surface area contributed by atoms with Gasteiger partial charge in [-0.15, -0.1) is 0 Å². The van der Waals surface area contributed by atoms with Crippen LogP contribution in [0.15, 0.2) is 24.5 Å². The van der Waals surface area contributed by atoms with Crippen LogP contribution in [0.4, 0.5) is 5.95 Å². The zero-order valence-electron chi connectivity index (χ0n) is 20.4. The monoisotopic (exact) mass is 487 g/mol. The van der Waals surface area contributed by atoms with Crippen molar-refractivity contribution in [1.82, 2.24) is 20.6 Å². The number of piperidine rings is 1. The van der Waals surface area contributed by atoms with Crippen LogP contribution in [0.5, 0.6) is 5.75 Å². The van der Waals surface area contributed by atoms with E-state index in [1.54, 1.807) is 12.4 Å². The molecule has 0 aliphatic carbocycles. The van der Waals surface area contributed by atoms with Gasteiger partial charge in [-0.2, -0.15) is 0 Å². The van der Waals surface area contributed by atoms with Gasteiger partial charge in [-0.3, -0.25) is 5.32 Å².